The Bertz CT molecular complexity index is 317. The number of ether oxygens (including phenoxy) is 2. The largest absolute Gasteiger partial charge is 0.359 e. The maximum absolute atomic E-state index is 11.7. The zero-order chi connectivity index (χ0) is 13.5. The van der Waals surface area contributed by atoms with E-state index in [1.807, 2.05) is 0 Å². The van der Waals surface area contributed by atoms with Crippen LogP contribution in [0.4, 0.5) is 0 Å². The lowest BCUT2D eigenvalue weighted by molar-refractivity contribution is -0.171. The van der Waals surface area contributed by atoms with E-state index < -0.39 is 29.7 Å². The molecule has 0 heterocycles. The third-order valence-corrected chi connectivity index (χ3v) is 1.99. The molecule has 0 spiro atoms. The average molecular weight is 238 g/mol. The third kappa shape index (κ3) is 2.83. The first-order chi connectivity index (χ1) is 8.00. The standard InChI is InChI=1S/C12H14O5/c1-5-9(13)12(10(14)6-2,11(15)7-3)17-8-16-4/h5-7H,1-3,8H2,4H3. The molecule has 0 unspecified atom stereocenters. The van der Waals surface area contributed by atoms with Crippen LogP contribution in [0.5, 0.6) is 0 Å². The summed E-state index contributed by atoms with van der Waals surface area (Å²) in [4.78, 5) is 35.1. The number of methoxy groups -OCH3 is 1. The minimum absolute atomic E-state index is 0.404. The maximum atomic E-state index is 11.7. The quantitative estimate of drug-likeness (QED) is 0.334. The Morgan fingerprint density at radius 2 is 1.35 bits per heavy atom. The maximum Gasteiger partial charge on any atom is 0.256 e. The van der Waals surface area contributed by atoms with Gasteiger partial charge in [-0.2, -0.15) is 0 Å². The summed E-state index contributed by atoms with van der Waals surface area (Å²) in [6.45, 7) is 9.27. The van der Waals surface area contributed by atoms with Crippen LogP contribution in [0.2, 0.25) is 0 Å². The molecular formula is C12H14O5. The molecule has 0 fully saturated rings. The van der Waals surface area contributed by atoms with Gasteiger partial charge in [-0.05, 0) is 18.2 Å². The Morgan fingerprint density at radius 1 is 1.00 bits per heavy atom. The summed E-state index contributed by atoms with van der Waals surface area (Å²) in [6.07, 6.45) is 2.50. The Hall–Kier alpha value is -1.85. The summed E-state index contributed by atoms with van der Waals surface area (Å²) < 4.78 is 9.55. The van der Waals surface area contributed by atoms with Crippen LogP contribution in [-0.4, -0.2) is 36.9 Å². The van der Waals surface area contributed by atoms with Crippen LogP contribution in [0.15, 0.2) is 38.0 Å². The van der Waals surface area contributed by atoms with Gasteiger partial charge in [-0.1, -0.05) is 19.7 Å². The van der Waals surface area contributed by atoms with Gasteiger partial charge in [0.2, 0.25) is 17.3 Å². The number of carbonyl (C=O) groups excluding carboxylic acids is 3. The Morgan fingerprint density at radius 3 is 1.59 bits per heavy atom. The van der Waals surface area contributed by atoms with Gasteiger partial charge >= 0.3 is 0 Å². The van der Waals surface area contributed by atoms with Crippen molar-refractivity contribution in [2.45, 2.75) is 5.60 Å². The molecular weight excluding hydrogens is 224 g/mol. The molecule has 0 aromatic heterocycles. The second kappa shape index (κ2) is 6.67. The lowest BCUT2D eigenvalue weighted by Crippen LogP contribution is -2.54. The van der Waals surface area contributed by atoms with Crippen molar-refractivity contribution in [1.82, 2.24) is 0 Å². The van der Waals surface area contributed by atoms with E-state index in [1.54, 1.807) is 0 Å². The van der Waals surface area contributed by atoms with Crippen molar-refractivity contribution >= 4 is 17.3 Å². The number of carbonyl (C=O) groups is 3. The molecule has 0 saturated carbocycles. The van der Waals surface area contributed by atoms with Crippen LogP contribution in [0, 0.1) is 0 Å². The first-order valence-corrected chi connectivity index (χ1v) is 4.64. The summed E-state index contributed by atoms with van der Waals surface area (Å²) in [7, 11) is 1.29. The second-order valence-corrected chi connectivity index (χ2v) is 2.94. The van der Waals surface area contributed by atoms with E-state index in [-0.39, 0.29) is 0 Å². The zero-order valence-corrected chi connectivity index (χ0v) is 9.60. The van der Waals surface area contributed by atoms with Gasteiger partial charge in [0, 0.05) is 7.11 Å². The molecule has 0 aromatic rings. The molecule has 92 valence electrons. The van der Waals surface area contributed by atoms with Gasteiger partial charge in [0.1, 0.15) is 6.79 Å². The fraction of sp³-hybridized carbons (Fsp3) is 0.250. The lowest BCUT2D eigenvalue weighted by atomic mass is 9.87. The van der Waals surface area contributed by atoms with Crippen molar-refractivity contribution in [2.24, 2.45) is 0 Å². The molecule has 0 amide bonds. The second-order valence-electron chi connectivity index (χ2n) is 2.94. The van der Waals surface area contributed by atoms with Gasteiger partial charge in [-0.15, -0.1) is 0 Å². The van der Waals surface area contributed by atoms with Gasteiger partial charge in [-0.3, -0.25) is 14.4 Å². The van der Waals surface area contributed by atoms with Gasteiger partial charge in [0.25, 0.3) is 5.60 Å². The highest BCUT2D eigenvalue weighted by atomic mass is 16.7. The van der Waals surface area contributed by atoms with E-state index in [9.17, 15) is 14.4 Å². The van der Waals surface area contributed by atoms with Crippen molar-refractivity contribution in [2.75, 3.05) is 13.9 Å². The summed E-state index contributed by atoms with van der Waals surface area (Å²) in [5.74, 6) is -2.65. The van der Waals surface area contributed by atoms with E-state index in [4.69, 9.17) is 4.74 Å². The van der Waals surface area contributed by atoms with Gasteiger partial charge in [0.15, 0.2) is 0 Å². The summed E-state index contributed by atoms with van der Waals surface area (Å²) in [5, 5.41) is 0. The monoisotopic (exact) mass is 238 g/mol. The van der Waals surface area contributed by atoms with Crippen molar-refractivity contribution < 1.29 is 23.9 Å². The Labute approximate surface area is 99.4 Å². The highest BCUT2D eigenvalue weighted by molar-refractivity contribution is 6.35. The minimum Gasteiger partial charge on any atom is -0.359 e. The first-order valence-electron chi connectivity index (χ1n) is 4.64. The van der Waals surface area contributed by atoms with Crippen molar-refractivity contribution in [3.05, 3.63) is 38.0 Å². The van der Waals surface area contributed by atoms with Crippen molar-refractivity contribution in [1.29, 1.82) is 0 Å². The topological polar surface area (TPSA) is 69.7 Å². The normalized spacial score (nSPS) is 10.4. The molecule has 0 aliphatic heterocycles. The molecule has 0 rings (SSSR count). The molecule has 0 aliphatic carbocycles. The predicted octanol–water partition coefficient (Wildman–Crippen LogP) is 0.611. The molecule has 5 nitrogen and oxygen atoms in total. The highest BCUT2D eigenvalue weighted by Crippen LogP contribution is 2.18. The van der Waals surface area contributed by atoms with Crippen LogP contribution in [0.1, 0.15) is 0 Å². The molecule has 0 bridgehead atoms. The Balaban J connectivity index is 5.67. The predicted molar refractivity (Wildman–Crippen MR) is 61.3 cm³/mol. The highest BCUT2D eigenvalue weighted by Gasteiger charge is 2.49. The van der Waals surface area contributed by atoms with Crippen LogP contribution in [0.3, 0.4) is 0 Å². The van der Waals surface area contributed by atoms with Gasteiger partial charge < -0.3 is 9.47 Å². The zero-order valence-electron chi connectivity index (χ0n) is 9.60. The van der Waals surface area contributed by atoms with E-state index >= 15 is 0 Å². The van der Waals surface area contributed by atoms with Gasteiger partial charge in [0.05, 0.1) is 0 Å². The van der Waals surface area contributed by atoms with Crippen LogP contribution in [0.25, 0.3) is 0 Å². The summed E-state index contributed by atoms with van der Waals surface area (Å²) >= 11 is 0. The van der Waals surface area contributed by atoms with E-state index in [1.165, 1.54) is 7.11 Å². The SMILES string of the molecule is C=CC(=O)C(OCOC)(C(=O)C=C)C(=O)C=C. The fourth-order valence-corrected chi connectivity index (χ4v) is 1.16. The Kier molecular flexibility index (Phi) is 5.95. The molecule has 0 radical (unpaired) electrons. The molecule has 5 heteroatoms. The number of ketones is 3. The average Bonchev–Trinajstić information content (AvgIpc) is 2.37. The van der Waals surface area contributed by atoms with Crippen LogP contribution >= 0.6 is 0 Å². The summed E-state index contributed by atoms with van der Waals surface area (Å²) in [5.41, 5.74) is -2.32. The number of hydrogen-bond acceptors (Lipinski definition) is 5. The minimum atomic E-state index is -2.32. The lowest BCUT2D eigenvalue weighted by Gasteiger charge is -2.25. The molecule has 0 aromatic carbocycles. The fourth-order valence-electron chi connectivity index (χ4n) is 1.16. The van der Waals surface area contributed by atoms with Gasteiger partial charge in [-0.25, -0.2) is 0 Å². The molecule has 0 N–H and O–H groups in total. The molecule has 17 heavy (non-hydrogen) atoms. The third-order valence-electron chi connectivity index (χ3n) is 1.99. The summed E-state index contributed by atoms with van der Waals surface area (Å²) in [6, 6.07) is 0. The van der Waals surface area contributed by atoms with Crippen molar-refractivity contribution in [3.8, 4) is 0 Å². The van der Waals surface area contributed by atoms with Crippen molar-refractivity contribution in [3.63, 3.8) is 0 Å². The number of hydrogen-bond donors (Lipinski definition) is 0. The van der Waals surface area contributed by atoms with E-state index in [2.05, 4.69) is 24.5 Å². The van der Waals surface area contributed by atoms with Crippen LogP contribution in [-0.2, 0) is 23.9 Å². The van der Waals surface area contributed by atoms with E-state index in [0.29, 0.717) is 0 Å². The molecule has 0 atom stereocenters. The van der Waals surface area contributed by atoms with E-state index in [0.717, 1.165) is 18.2 Å². The van der Waals surface area contributed by atoms with Crippen LogP contribution < -0.4 is 0 Å². The smallest absolute Gasteiger partial charge is 0.256 e. The molecule has 0 saturated heterocycles. The number of rotatable bonds is 9. The first kappa shape index (κ1) is 15.2. The molecule has 0 aliphatic rings.